The summed E-state index contributed by atoms with van der Waals surface area (Å²) in [6.45, 7) is 0. The molecule has 3 aromatic carbocycles. The third-order valence-electron chi connectivity index (χ3n) is 5.27. The lowest BCUT2D eigenvalue weighted by Gasteiger charge is -2.27. The number of halogens is 1. The molecule has 170 valence electrons. The summed E-state index contributed by atoms with van der Waals surface area (Å²) in [7, 11) is 9.62. The Kier molecular flexibility index (Phi) is 7.59. The summed E-state index contributed by atoms with van der Waals surface area (Å²) >= 11 is 6.39. The molecule has 3 rings (SSSR count). The maximum atomic E-state index is 6.39. The molecule has 32 heavy (non-hydrogen) atoms. The van der Waals surface area contributed by atoms with Gasteiger partial charge in [0.1, 0.15) is 34.5 Å². The van der Waals surface area contributed by atoms with E-state index in [4.69, 9.17) is 40.0 Å². The lowest BCUT2D eigenvalue weighted by atomic mass is 9.82. The molecule has 0 saturated heterocycles. The molecule has 6 nitrogen and oxygen atoms in total. The maximum Gasteiger partial charge on any atom is 0.130 e. The number of rotatable bonds is 9. The molecule has 0 atom stereocenters. The highest BCUT2D eigenvalue weighted by atomic mass is 35.5. The summed E-state index contributed by atoms with van der Waals surface area (Å²) in [5.74, 6) is 3.18. The van der Waals surface area contributed by atoms with Crippen LogP contribution in [0.2, 0.25) is 5.02 Å². The topological polar surface area (TPSA) is 55.4 Å². The van der Waals surface area contributed by atoms with Crippen molar-refractivity contribution in [2.75, 3.05) is 42.7 Å². The molecular weight excluding hydrogens is 432 g/mol. The van der Waals surface area contributed by atoms with E-state index in [1.165, 1.54) is 0 Å². The second kappa shape index (κ2) is 10.4. The first kappa shape index (κ1) is 23.4. The van der Waals surface area contributed by atoms with E-state index in [-0.39, 0.29) is 0 Å². The van der Waals surface area contributed by atoms with Crippen molar-refractivity contribution in [1.29, 1.82) is 0 Å². The molecular formula is C25H27ClO6. The molecule has 7 heteroatoms. The molecule has 0 fully saturated rings. The lowest BCUT2D eigenvalue weighted by molar-refractivity contribution is 0.359. The van der Waals surface area contributed by atoms with Crippen LogP contribution >= 0.6 is 11.6 Å². The number of hydrogen-bond acceptors (Lipinski definition) is 6. The predicted molar refractivity (Wildman–Crippen MR) is 125 cm³/mol. The Hall–Kier alpha value is -3.25. The fourth-order valence-electron chi connectivity index (χ4n) is 3.80. The Bertz CT molecular complexity index is 968. The highest BCUT2D eigenvalue weighted by Gasteiger charge is 2.31. The zero-order valence-corrected chi connectivity index (χ0v) is 19.8. The minimum Gasteiger partial charge on any atom is -0.496 e. The van der Waals surface area contributed by atoms with Crippen LogP contribution in [0.15, 0.2) is 48.5 Å². The highest BCUT2D eigenvalue weighted by molar-refractivity contribution is 6.30. The fraction of sp³-hybridized carbons (Fsp3) is 0.280. The van der Waals surface area contributed by atoms with Gasteiger partial charge in [-0.05, 0) is 17.7 Å². The average Bonchev–Trinajstić information content (AvgIpc) is 2.83. The average molecular weight is 459 g/mol. The zero-order valence-electron chi connectivity index (χ0n) is 19.0. The molecule has 0 bridgehead atoms. The number of hydrogen-bond donors (Lipinski definition) is 0. The largest absolute Gasteiger partial charge is 0.496 e. The van der Waals surface area contributed by atoms with Gasteiger partial charge in [-0.2, -0.15) is 0 Å². The van der Waals surface area contributed by atoms with Crippen LogP contribution in [-0.2, 0) is 0 Å². The smallest absolute Gasteiger partial charge is 0.130 e. The summed E-state index contributed by atoms with van der Waals surface area (Å²) in [6.07, 6.45) is 0. The summed E-state index contributed by atoms with van der Waals surface area (Å²) in [6, 6.07) is 14.9. The van der Waals surface area contributed by atoms with Crippen LogP contribution in [0.25, 0.3) is 0 Å². The SMILES string of the molecule is COc1cc(OC)c(C(c2cccc(Cl)c2)c2c(OC)cc(OC)cc2OC)c(OC)c1. The molecule has 0 heterocycles. The van der Waals surface area contributed by atoms with Crippen molar-refractivity contribution in [1.82, 2.24) is 0 Å². The van der Waals surface area contributed by atoms with E-state index in [9.17, 15) is 0 Å². The minimum absolute atomic E-state index is 0.402. The van der Waals surface area contributed by atoms with Crippen molar-refractivity contribution in [3.05, 3.63) is 70.2 Å². The van der Waals surface area contributed by atoms with Crippen molar-refractivity contribution in [3.8, 4) is 34.5 Å². The van der Waals surface area contributed by atoms with E-state index in [0.29, 0.717) is 39.5 Å². The van der Waals surface area contributed by atoms with Crippen LogP contribution in [0.4, 0.5) is 0 Å². The molecule has 0 saturated carbocycles. The maximum absolute atomic E-state index is 6.39. The third kappa shape index (κ3) is 4.50. The van der Waals surface area contributed by atoms with Crippen LogP contribution in [0.3, 0.4) is 0 Å². The molecule has 0 amide bonds. The predicted octanol–water partition coefficient (Wildman–Crippen LogP) is 5.57. The van der Waals surface area contributed by atoms with Gasteiger partial charge in [0.2, 0.25) is 0 Å². The first-order valence-corrected chi connectivity index (χ1v) is 10.2. The Morgan fingerprint density at radius 3 is 1.28 bits per heavy atom. The molecule has 0 aliphatic heterocycles. The fourth-order valence-corrected chi connectivity index (χ4v) is 4.00. The summed E-state index contributed by atoms with van der Waals surface area (Å²) < 4.78 is 34.0. The number of benzene rings is 3. The van der Waals surface area contributed by atoms with Crippen LogP contribution in [-0.4, -0.2) is 42.7 Å². The van der Waals surface area contributed by atoms with Gasteiger partial charge < -0.3 is 28.4 Å². The Morgan fingerprint density at radius 2 is 0.969 bits per heavy atom. The Labute approximate surface area is 193 Å². The molecule has 0 unspecified atom stereocenters. The summed E-state index contributed by atoms with van der Waals surface area (Å²) in [5.41, 5.74) is 2.46. The molecule has 3 aromatic rings. The van der Waals surface area contributed by atoms with Crippen molar-refractivity contribution in [2.24, 2.45) is 0 Å². The van der Waals surface area contributed by atoms with Crippen molar-refractivity contribution < 1.29 is 28.4 Å². The van der Waals surface area contributed by atoms with Gasteiger partial charge in [0, 0.05) is 46.3 Å². The minimum atomic E-state index is -0.402. The van der Waals surface area contributed by atoms with E-state index in [0.717, 1.165) is 16.7 Å². The van der Waals surface area contributed by atoms with Gasteiger partial charge in [0.25, 0.3) is 0 Å². The standard InChI is InChI=1S/C25H27ClO6/c1-27-17-11-19(29-3)24(20(12-17)30-4)23(15-8-7-9-16(26)10-15)25-21(31-5)13-18(28-2)14-22(25)32-6/h7-14,23H,1-6H3. The van der Waals surface area contributed by atoms with Crippen LogP contribution in [0.5, 0.6) is 34.5 Å². The van der Waals surface area contributed by atoms with Crippen LogP contribution < -0.4 is 28.4 Å². The van der Waals surface area contributed by atoms with E-state index >= 15 is 0 Å². The monoisotopic (exact) mass is 458 g/mol. The molecule has 0 spiro atoms. The van der Waals surface area contributed by atoms with Gasteiger partial charge in [0.15, 0.2) is 0 Å². The van der Waals surface area contributed by atoms with Crippen LogP contribution in [0, 0.1) is 0 Å². The quantitative estimate of drug-likeness (QED) is 0.390. The third-order valence-corrected chi connectivity index (χ3v) is 5.50. The van der Waals surface area contributed by atoms with Gasteiger partial charge in [-0.3, -0.25) is 0 Å². The molecule has 0 aliphatic rings. The van der Waals surface area contributed by atoms with Crippen molar-refractivity contribution >= 4 is 11.6 Å². The molecule has 0 radical (unpaired) electrons. The van der Waals surface area contributed by atoms with Gasteiger partial charge in [-0.15, -0.1) is 0 Å². The second-order valence-electron chi connectivity index (χ2n) is 6.88. The van der Waals surface area contributed by atoms with Gasteiger partial charge in [-0.25, -0.2) is 0 Å². The van der Waals surface area contributed by atoms with E-state index in [1.54, 1.807) is 42.7 Å². The zero-order chi connectivity index (χ0) is 23.3. The van der Waals surface area contributed by atoms with Gasteiger partial charge in [0.05, 0.1) is 42.7 Å². The van der Waals surface area contributed by atoms with Crippen LogP contribution in [0.1, 0.15) is 22.6 Å². The van der Waals surface area contributed by atoms with Gasteiger partial charge >= 0.3 is 0 Å². The molecule has 0 N–H and O–H groups in total. The Balaban J connectivity index is 2.44. The highest BCUT2D eigenvalue weighted by Crippen LogP contribution is 2.51. The summed E-state index contributed by atoms with van der Waals surface area (Å²) in [5, 5.41) is 0.602. The normalized spacial score (nSPS) is 10.6. The van der Waals surface area contributed by atoms with Gasteiger partial charge in [-0.1, -0.05) is 23.7 Å². The van der Waals surface area contributed by atoms with Crippen molar-refractivity contribution in [2.45, 2.75) is 5.92 Å². The summed E-state index contributed by atoms with van der Waals surface area (Å²) in [4.78, 5) is 0. The van der Waals surface area contributed by atoms with E-state index in [2.05, 4.69) is 0 Å². The lowest BCUT2D eigenvalue weighted by Crippen LogP contribution is -2.11. The first-order chi connectivity index (χ1) is 15.5. The molecule has 0 aromatic heterocycles. The molecule has 0 aliphatic carbocycles. The number of ether oxygens (including phenoxy) is 6. The van der Waals surface area contributed by atoms with E-state index < -0.39 is 5.92 Å². The second-order valence-corrected chi connectivity index (χ2v) is 7.32. The van der Waals surface area contributed by atoms with Crippen molar-refractivity contribution in [3.63, 3.8) is 0 Å². The van der Waals surface area contributed by atoms with E-state index in [1.807, 2.05) is 48.5 Å². The first-order valence-electron chi connectivity index (χ1n) is 9.86. The Morgan fingerprint density at radius 1 is 0.562 bits per heavy atom. The number of methoxy groups -OCH3 is 6.